The third kappa shape index (κ3) is 3.57. The Hall–Kier alpha value is -1.89. The number of aromatic nitrogens is 2. The molecule has 110 valence electrons. The first-order valence-electron chi connectivity index (χ1n) is 6.82. The Morgan fingerprint density at radius 3 is 3.00 bits per heavy atom. The topological polar surface area (TPSA) is 79.3 Å². The lowest BCUT2D eigenvalue weighted by Gasteiger charge is -2.22. The normalized spacial score (nSPS) is 19.6. The molecule has 1 aromatic rings. The molecule has 1 fully saturated rings. The van der Waals surface area contributed by atoms with Gasteiger partial charge in [-0.05, 0) is 26.0 Å². The summed E-state index contributed by atoms with van der Waals surface area (Å²) in [6.07, 6.45) is 4.30. The van der Waals surface area contributed by atoms with E-state index >= 15 is 0 Å². The molecule has 0 bridgehead atoms. The van der Waals surface area contributed by atoms with Crippen molar-refractivity contribution in [2.75, 3.05) is 26.7 Å². The first kappa shape index (κ1) is 14.5. The van der Waals surface area contributed by atoms with Gasteiger partial charge in [0.1, 0.15) is 6.04 Å². The van der Waals surface area contributed by atoms with Gasteiger partial charge in [-0.15, -0.1) is 0 Å². The van der Waals surface area contributed by atoms with Gasteiger partial charge in [-0.2, -0.15) is 5.10 Å². The Labute approximate surface area is 118 Å². The lowest BCUT2D eigenvalue weighted by Crippen LogP contribution is -2.44. The Kier molecular flexibility index (Phi) is 4.73. The summed E-state index contributed by atoms with van der Waals surface area (Å²) in [5, 5.41) is 10.1. The second-order valence-corrected chi connectivity index (χ2v) is 5.11. The number of amides is 2. The zero-order valence-corrected chi connectivity index (χ0v) is 11.9. The van der Waals surface area contributed by atoms with E-state index in [0.29, 0.717) is 0 Å². The SMILES string of the molecule is CC(C(=O)N(C)CC(=O)NC1CCNC1)n1cccn1. The smallest absolute Gasteiger partial charge is 0.247 e. The fourth-order valence-corrected chi connectivity index (χ4v) is 2.29. The van der Waals surface area contributed by atoms with E-state index in [1.807, 2.05) is 0 Å². The summed E-state index contributed by atoms with van der Waals surface area (Å²) in [6.45, 7) is 3.56. The van der Waals surface area contributed by atoms with Gasteiger partial charge >= 0.3 is 0 Å². The Morgan fingerprint density at radius 1 is 1.60 bits per heavy atom. The molecule has 0 saturated carbocycles. The van der Waals surface area contributed by atoms with E-state index in [0.717, 1.165) is 19.5 Å². The highest BCUT2D eigenvalue weighted by Crippen LogP contribution is 2.07. The molecule has 2 unspecified atom stereocenters. The van der Waals surface area contributed by atoms with Crippen LogP contribution in [0.1, 0.15) is 19.4 Å². The van der Waals surface area contributed by atoms with E-state index in [9.17, 15) is 9.59 Å². The van der Waals surface area contributed by atoms with E-state index < -0.39 is 6.04 Å². The van der Waals surface area contributed by atoms with Gasteiger partial charge in [0.25, 0.3) is 0 Å². The second kappa shape index (κ2) is 6.51. The predicted molar refractivity (Wildman–Crippen MR) is 74.0 cm³/mol. The fraction of sp³-hybridized carbons (Fsp3) is 0.615. The average molecular weight is 279 g/mol. The monoisotopic (exact) mass is 279 g/mol. The summed E-state index contributed by atoms with van der Waals surface area (Å²) >= 11 is 0. The number of rotatable bonds is 5. The second-order valence-electron chi connectivity index (χ2n) is 5.11. The van der Waals surface area contributed by atoms with Gasteiger partial charge in [0, 0.05) is 32.0 Å². The van der Waals surface area contributed by atoms with E-state index in [1.54, 1.807) is 37.1 Å². The van der Waals surface area contributed by atoms with Crippen LogP contribution in [-0.2, 0) is 9.59 Å². The Balaban J connectivity index is 1.82. The van der Waals surface area contributed by atoms with Crippen molar-refractivity contribution < 1.29 is 9.59 Å². The summed E-state index contributed by atoms with van der Waals surface area (Å²) in [5.41, 5.74) is 0. The van der Waals surface area contributed by atoms with Gasteiger partial charge in [-0.3, -0.25) is 14.3 Å². The van der Waals surface area contributed by atoms with Crippen molar-refractivity contribution in [2.45, 2.75) is 25.4 Å². The van der Waals surface area contributed by atoms with Crippen LogP contribution in [0.25, 0.3) is 0 Å². The third-order valence-electron chi connectivity index (χ3n) is 3.46. The van der Waals surface area contributed by atoms with E-state index in [4.69, 9.17) is 0 Å². The van der Waals surface area contributed by atoms with Crippen molar-refractivity contribution >= 4 is 11.8 Å². The van der Waals surface area contributed by atoms with Gasteiger partial charge in [0.2, 0.25) is 11.8 Å². The molecule has 0 radical (unpaired) electrons. The number of carbonyl (C=O) groups is 2. The molecule has 1 aliphatic heterocycles. The molecule has 0 aliphatic carbocycles. The number of nitrogens with one attached hydrogen (secondary N) is 2. The lowest BCUT2D eigenvalue weighted by molar-refractivity contribution is -0.137. The predicted octanol–water partition coefficient (Wildman–Crippen LogP) is -0.619. The molecular weight excluding hydrogens is 258 g/mol. The van der Waals surface area contributed by atoms with Crippen LogP contribution in [0, 0.1) is 0 Å². The van der Waals surface area contributed by atoms with Crippen molar-refractivity contribution in [3.63, 3.8) is 0 Å². The molecule has 2 amide bonds. The Morgan fingerprint density at radius 2 is 2.40 bits per heavy atom. The fourth-order valence-electron chi connectivity index (χ4n) is 2.29. The van der Waals surface area contributed by atoms with Gasteiger partial charge in [0.15, 0.2) is 0 Å². The minimum Gasteiger partial charge on any atom is -0.351 e. The van der Waals surface area contributed by atoms with Crippen LogP contribution in [0.5, 0.6) is 0 Å². The summed E-state index contributed by atoms with van der Waals surface area (Å²) < 4.78 is 1.58. The van der Waals surface area contributed by atoms with Crippen LogP contribution in [0.3, 0.4) is 0 Å². The van der Waals surface area contributed by atoms with Crippen LogP contribution in [0.15, 0.2) is 18.5 Å². The van der Waals surface area contributed by atoms with Crippen molar-refractivity contribution in [1.82, 2.24) is 25.3 Å². The third-order valence-corrected chi connectivity index (χ3v) is 3.46. The highest BCUT2D eigenvalue weighted by atomic mass is 16.2. The van der Waals surface area contributed by atoms with Crippen molar-refractivity contribution in [1.29, 1.82) is 0 Å². The molecule has 2 atom stereocenters. The number of hydrogen-bond donors (Lipinski definition) is 2. The van der Waals surface area contributed by atoms with Gasteiger partial charge in [-0.25, -0.2) is 0 Å². The Bertz CT molecular complexity index is 453. The number of likely N-dealkylation sites (N-methyl/N-ethyl adjacent to an activating group) is 1. The van der Waals surface area contributed by atoms with E-state index in [2.05, 4.69) is 15.7 Å². The molecule has 2 N–H and O–H groups in total. The first-order valence-corrected chi connectivity index (χ1v) is 6.82. The standard InChI is InChI=1S/C13H21N5O2/c1-10(18-7-3-5-15-18)13(20)17(2)9-12(19)16-11-4-6-14-8-11/h3,5,7,10-11,14H,4,6,8-9H2,1-2H3,(H,16,19). The lowest BCUT2D eigenvalue weighted by atomic mass is 10.2. The molecule has 0 spiro atoms. The first-order chi connectivity index (χ1) is 9.58. The average Bonchev–Trinajstić information content (AvgIpc) is 3.09. The zero-order valence-electron chi connectivity index (χ0n) is 11.9. The molecule has 7 heteroatoms. The number of carbonyl (C=O) groups excluding carboxylic acids is 2. The highest BCUT2D eigenvalue weighted by molar-refractivity contribution is 5.86. The van der Waals surface area contributed by atoms with Gasteiger partial charge in [0.05, 0.1) is 6.54 Å². The van der Waals surface area contributed by atoms with Crippen LogP contribution < -0.4 is 10.6 Å². The molecule has 0 aromatic carbocycles. The van der Waals surface area contributed by atoms with Crippen LogP contribution >= 0.6 is 0 Å². The maximum absolute atomic E-state index is 12.2. The zero-order chi connectivity index (χ0) is 14.5. The largest absolute Gasteiger partial charge is 0.351 e. The minimum atomic E-state index is -0.407. The maximum Gasteiger partial charge on any atom is 0.247 e. The molecule has 20 heavy (non-hydrogen) atoms. The molecule has 7 nitrogen and oxygen atoms in total. The molecular formula is C13H21N5O2. The molecule has 2 heterocycles. The van der Waals surface area contributed by atoms with Gasteiger partial charge in [-0.1, -0.05) is 0 Å². The minimum absolute atomic E-state index is 0.0704. The van der Waals surface area contributed by atoms with E-state index in [-0.39, 0.29) is 24.4 Å². The molecule has 1 saturated heterocycles. The molecule has 1 aromatic heterocycles. The summed E-state index contributed by atoms with van der Waals surface area (Å²) in [6, 6.07) is 1.54. The summed E-state index contributed by atoms with van der Waals surface area (Å²) in [5.74, 6) is -0.254. The highest BCUT2D eigenvalue weighted by Gasteiger charge is 2.22. The quantitative estimate of drug-likeness (QED) is 0.753. The van der Waals surface area contributed by atoms with Crippen molar-refractivity contribution in [3.05, 3.63) is 18.5 Å². The van der Waals surface area contributed by atoms with Crippen molar-refractivity contribution in [3.8, 4) is 0 Å². The number of hydrogen-bond acceptors (Lipinski definition) is 4. The maximum atomic E-state index is 12.2. The number of nitrogens with zero attached hydrogens (tertiary/aromatic N) is 3. The van der Waals surface area contributed by atoms with Crippen molar-refractivity contribution in [2.24, 2.45) is 0 Å². The van der Waals surface area contributed by atoms with Crippen LogP contribution in [0.4, 0.5) is 0 Å². The van der Waals surface area contributed by atoms with E-state index in [1.165, 1.54) is 4.90 Å². The van der Waals surface area contributed by atoms with Crippen LogP contribution in [0.2, 0.25) is 0 Å². The molecule has 2 rings (SSSR count). The van der Waals surface area contributed by atoms with Crippen LogP contribution in [-0.4, -0.2) is 59.2 Å². The summed E-state index contributed by atoms with van der Waals surface area (Å²) in [7, 11) is 1.63. The molecule has 1 aliphatic rings. The summed E-state index contributed by atoms with van der Waals surface area (Å²) in [4.78, 5) is 25.5. The van der Waals surface area contributed by atoms with Gasteiger partial charge < -0.3 is 15.5 Å².